The number of β-amino-alcohol motifs (C(OH)–C–C–N with tert-alkyl or cyclic N) is 1. The Kier molecular flexibility index (Phi) is 19.4. The van der Waals surface area contributed by atoms with Crippen LogP contribution in [0.25, 0.3) is 0 Å². The SMILES string of the molecule is CCCCOC(=O)CN1CCN(CC(=O)OCCCC)CCN(CC(O)CCl)CCN(CC(=O)OC(C)(C)C)CC1. The second kappa shape index (κ2) is 21.2. The highest BCUT2D eigenvalue weighted by molar-refractivity contribution is 6.18. The second-order valence-corrected chi connectivity index (χ2v) is 12.0. The highest BCUT2D eigenvalue weighted by Gasteiger charge is 2.24. The molecule has 41 heavy (non-hydrogen) atoms. The molecule has 0 aromatic rings. The molecule has 0 spiro atoms. The lowest BCUT2D eigenvalue weighted by Crippen LogP contribution is -2.50. The van der Waals surface area contributed by atoms with Crippen molar-refractivity contribution in [3.8, 4) is 0 Å². The number of carbonyl (C=O) groups excluding carboxylic acids is 3. The van der Waals surface area contributed by atoms with Gasteiger partial charge in [-0.15, -0.1) is 11.6 Å². The molecule has 0 aromatic heterocycles. The van der Waals surface area contributed by atoms with E-state index in [1.54, 1.807) is 0 Å². The smallest absolute Gasteiger partial charge is 0.320 e. The van der Waals surface area contributed by atoms with E-state index < -0.39 is 11.7 Å². The average molecular weight is 607 g/mol. The molecular formula is C29H55ClN4O7. The third-order valence-corrected chi connectivity index (χ3v) is 6.93. The number of carbonyl (C=O) groups is 3. The van der Waals surface area contributed by atoms with Crippen LogP contribution in [0.3, 0.4) is 0 Å². The lowest BCUT2D eigenvalue weighted by atomic mass is 10.2. The largest absolute Gasteiger partial charge is 0.465 e. The molecule has 1 fully saturated rings. The molecule has 0 radical (unpaired) electrons. The Bertz CT molecular complexity index is 753. The molecule has 0 aromatic carbocycles. The first-order valence-electron chi connectivity index (χ1n) is 15.1. The van der Waals surface area contributed by atoms with Gasteiger partial charge in [-0.05, 0) is 33.6 Å². The van der Waals surface area contributed by atoms with Gasteiger partial charge in [-0.3, -0.25) is 34.0 Å². The molecule has 0 bridgehead atoms. The maximum atomic E-state index is 12.7. The lowest BCUT2D eigenvalue weighted by molar-refractivity contribution is -0.156. The molecule has 1 saturated heterocycles. The summed E-state index contributed by atoms with van der Waals surface area (Å²) in [6, 6.07) is 0. The summed E-state index contributed by atoms with van der Waals surface area (Å²) in [7, 11) is 0. The Morgan fingerprint density at radius 2 is 1.07 bits per heavy atom. The third-order valence-electron chi connectivity index (χ3n) is 6.58. The van der Waals surface area contributed by atoms with Gasteiger partial charge >= 0.3 is 17.9 Å². The van der Waals surface area contributed by atoms with E-state index in [1.807, 2.05) is 49.3 Å². The predicted octanol–water partition coefficient (Wildman–Crippen LogP) is 1.84. The first kappa shape index (κ1) is 37.5. The van der Waals surface area contributed by atoms with Gasteiger partial charge in [-0.25, -0.2) is 0 Å². The van der Waals surface area contributed by atoms with Crippen LogP contribution < -0.4 is 0 Å². The van der Waals surface area contributed by atoms with E-state index in [2.05, 4.69) is 4.90 Å². The van der Waals surface area contributed by atoms with Crippen molar-refractivity contribution >= 4 is 29.5 Å². The summed E-state index contributed by atoms with van der Waals surface area (Å²) in [5.41, 5.74) is -0.588. The summed E-state index contributed by atoms with van der Waals surface area (Å²) < 4.78 is 16.4. The van der Waals surface area contributed by atoms with Crippen LogP contribution in [0.2, 0.25) is 0 Å². The number of hydrogen-bond donors (Lipinski definition) is 1. The number of ether oxygens (including phenoxy) is 3. The molecule has 240 valence electrons. The maximum absolute atomic E-state index is 12.7. The van der Waals surface area contributed by atoms with Gasteiger partial charge in [0.15, 0.2) is 0 Å². The molecule has 1 heterocycles. The summed E-state index contributed by atoms with van der Waals surface area (Å²) in [5.74, 6) is -0.743. The Hall–Kier alpha value is -1.50. The zero-order valence-electron chi connectivity index (χ0n) is 26.1. The molecule has 1 aliphatic rings. The van der Waals surface area contributed by atoms with Gasteiger partial charge < -0.3 is 19.3 Å². The van der Waals surface area contributed by atoms with Gasteiger partial charge in [0.25, 0.3) is 0 Å². The minimum Gasteiger partial charge on any atom is -0.465 e. The van der Waals surface area contributed by atoms with Crippen molar-refractivity contribution in [3.05, 3.63) is 0 Å². The Morgan fingerprint density at radius 3 is 1.41 bits per heavy atom. The van der Waals surface area contributed by atoms with E-state index in [9.17, 15) is 19.5 Å². The van der Waals surface area contributed by atoms with Gasteiger partial charge in [0.2, 0.25) is 0 Å². The molecule has 1 atom stereocenters. The number of alkyl halides is 1. The Morgan fingerprint density at radius 1 is 0.707 bits per heavy atom. The molecule has 0 amide bonds. The quantitative estimate of drug-likeness (QED) is 0.128. The lowest BCUT2D eigenvalue weighted by Gasteiger charge is -2.34. The summed E-state index contributed by atoms with van der Waals surface area (Å²) in [5, 5.41) is 10.3. The zero-order valence-corrected chi connectivity index (χ0v) is 26.8. The molecule has 1 unspecified atom stereocenters. The first-order chi connectivity index (χ1) is 19.4. The minimum atomic E-state index is -0.689. The van der Waals surface area contributed by atoms with Crippen molar-refractivity contribution in [2.75, 3.05) is 97.6 Å². The van der Waals surface area contributed by atoms with E-state index in [0.717, 1.165) is 25.7 Å². The molecule has 1 aliphatic heterocycles. The number of rotatable bonds is 15. The third kappa shape index (κ3) is 19.3. The maximum Gasteiger partial charge on any atom is 0.320 e. The summed E-state index contributed by atoms with van der Waals surface area (Å²) in [6.07, 6.45) is 2.84. The fraction of sp³-hybridized carbons (Fsp3) is 0.897. The van der Waals surface area contributed by atoms with Crippen molar-refractivity contribution in [1.29, 1.82) is 0 Å². The Balaban J connectivity index is 3.05. The van der Waals surface area contributed by atoms with Crippen LogP contribution in [0.4, 0.5) is 0 Å². The molecule has 12 heteroatoms. The molecular weight excluding hydrogens is 552 g/mol. The predicted molar refractivity (Wildman–Crippen MR) is 160 cm³/mol. The van der Waals surface area contributed by atoms with Crippen molar-refractivity contribution in [1.82, 2.24) is 19.6 Å². The van der Waals surface area contributed by atoms with Crippen LogP contribution in [0.1, 0.15) is 60.3 Å². The monoisotopic (exact) mass is 606 g/mol. The van der Waals surface area contributed by atoms with E-state index in [0.29, 0.717) is 72.1 Å². The van der Waals surface area contributed by atoms with E-state index in [1.165, 1.54) is 0 Å². The average Bonchev–Trinajstić information content (AvgIpc) is 2.89. The Labute approximate surface area is 252 Å². The molecule has 0 saturated carbocycles. The first-order valence-corrected chi connectivity index (χ1v) is 15.7. The highest BCUT2D eigenvalue weighted by atomic mass is 35.5. The standard InChI is InChI=1S/C29H55ClN4O7/c1-6-8-18-39-26(36)22-32-12-10-31(21-25(35)20-30)11-13-34(24-28(38)41-29(3,4)5)17-16-33(15-14-32)23-27(37)40-19-9-7-2/h25,35H,6-24H2,1-5H3. The highest BCUT2D eigenvalue weighted by Crippen LogP contribution is 2.09. The topological polar surface area (TPSA) is 112 Å². The van der Waals surface area contributed by atoms with Crippen molar-refractivity contribution < 1.29 is 33.7 Å². The van der Waals surface area contributed by atoms with Crippen molar-refractivity contribution in [3.63, 3.8) is 0 Å². The fourth-order valence-corrected chi connectivity index (χ4v) is 4.35. The van der Waals surface area contributed by atoms with Crippen LogP contribution in [0, 0.1) is 0 Å². The number of aliphatic hydroxyl groups is 1. The number of nitrogens with zero attached hydrogens (tertiary/aromatic N) is 4. The zero-order chi connectivity index (χ0) is 30.7. The minimum absolute atomic E-state index is 0.119. The van der Waals surface area contributed by atoms with Crippen molar-refractivity contribution in [2.45, 2.75) is 72.0 Å². The van der Waals surface area contributed by atoms with E-state index in [-0.39, 0.29) is 43.4 Å². The number of halogens is 1. The van der Waals surface area contributed by atoms with Gasteiger partial charge in [0.05, 0.1) is 39.0 Å². The van der Waals surface area contributed by atoms with Gasteiger partial charge in [-0.1, -0.05) is 26.7 Å². The van der Waals surface area contributed by atoms with Gasteiger partial charge in [-0.2, -0.15) is 0 Å². The molecule has 0 aliphatic carbocycles. The fourth-order valence-electron chi connectivity index (χ4n) is 4.26. The molecule has 1 N–H and O–H groups in total. The number of hydrogen-bond acceptors (Lipinski definition) is 11. The number of unbranched alkanes of at least 4 members (excludes halogenated alkanes) is 2. The summed E-state index contributed by atoms with van der Waals surface area (Å²) in [4.78, 5) is 46.0. The normalized spacial score (nSPS) is 18.2. The number of esters is 3. The van der Waals surface area contributed by atoms with Crippen LogP contribution in [-0.2, 0) is 28.6 Å². The van der Waals surface area contributed by atoms with Gasteiger partial charge in [0, 0.05) is 64.8 Å². The second-order valence-electron chi connectivity index (χ2n) is 11.7. The van der Waals surface area contributed by atoms with Crippen LogP contribution >= 0.6 is 11.6 Å². The summed E-state index contributed by atoms with van der Waals surface area (Å²) in [6.45, 7) is 15.7. The van der Waals surface area contributed by atoms with Gasteiger partial charge in [0.1, 0.15) is 5.60 Å². The van der Waals surface area contributed by atoms with Crippen LogP contribution in [0.5, 0.6) is 0 Å². The molecule has 11 nitrogen and oxygen atoms in total. The number of aliphatic hydroxyl groups excluding tert-OH is 1. The van der Waals surface area contributed by atoms with E-state index >= 15 is 0 Å². The van der Waals surface area contributed by atoms with Crippen LogP contribution in [-0.4, -0.2) is 152 Å². The molecule has 1 rings (SSSR count). The van der Waals surface area contributed by atoms with E-state index in [4.69, 9.17) is 25.8 Å². The summed E-state index contributed by atoms with van der Waals surface area (Å²) >= 11 is 5.90. The van der Waals surface area contributed by atoms with Crippen LogP contribution in [0.15, 0.2) is 0 Å². The van der Waals surface area contributed by atoms with Crippen molar-refractivity contribution in [2.24, 2.45) is 0 Å².